The summed E-state index contributed by atoms with van der Waals surface area (Å²) in [6.45, 7) is 0.933. The summed E-state index contributed by atoms with van der Waals surface area (Å²) in [5.74, 6) is -0.748. The lowest BCUT2D eigenvalue weighted by Gasteiger charge is -2.26. The topological polar surface area (TPSA) is 87.7 Å². The molecule has 2 aromatic carbocycles. The number of ether oxygens (including phenoxy) is 1. The van der Waals surface area contributed by atoms with Gasteiger partial charge in [-0.2, -0.15) is 0 Å². The van der Waals surface area contributed by atoms with E-state index in [4.69, 9.17) is 4.74 Å². The van der Waals surface area contributed by atoms with Crippen molar-refractivity contribution in [3.63, 3.8) is 0 Å². The Morgan fingerprint density at radius 3 is 2.33 bits per heavy atom. The Balaban J connectivity index is 1.32. The summed E-state index contributed by atoms with van der Waals surface area (Å²) in [6.07, 6.45) is 2.80. The van der Waals surface area contributed by atoms with E-state index in [1.165, 1.54) is 11.1 Å². The Morgan fingerprint density at radius 1 is 0.967 bits per heavy atom. The van der Waals surface area contributed by atoms with Gasteiger partial charge in [0.15, 0.2) is 6.61 Å². The van der Waals surface area contributed by atoms with Crippen LogP contribution in [0.25, 0.3) is 5.57 Å². The molecular weight excluding hydrogens is 382 g/mol. The number of carbonyl (C=O) groups is 3. The first-order valence-corrected chi connectivity index (χ1v) is 9.89. The maximum atomic E-state index is 12.3. The molecular formula is C23H25N3O4. The molecule has 2 N–H and O–H groups in total. The monoisotopic (exact) mass is 407 g/mol. The molecule has 1 heterocycles. The average molecular weight is 407 g/mol. The SMILES string of the molecule is O=C(NCCC(=O)OCC(=O)N1CC=C(c2ccccc2)CC1)Nc1ccccc1. The van der Waals surface area contributed by atoms with Crippen LogP contribution in [0.5, 0.6) is 0 Å². The number of amides is 3. The van der Waals surface area contributed by atoms with Gasteiger partial charge in [-0.1, -0.05) is 54.6 Å². The minimum atomic E-state index is -0.527. The molecule has 7 heteroatoms. The van der Waals surface area contributed by atoms with Crippen LogP contribution in [0.2, 0.25) is 0 Å². The smallest absolute Gasteiger partial charge is 0.319 e. The number of para-hydroxylation sites is 1. The number of nitrogens with one attached hydrogen (secondary N) is 2. The van der Waals surface area contributed by atoms with Crippen LogP contribution in [0, 0.1) is 0 Å². The molecule has 0 spiro atoms. The highest BCUT2D eigenvalue weighted by atomic mass is 16.5. The highest BCUT2D eigenvalue weighted by Crippen LogP contribution is 2.21. The number of esters is 1. The lowest BCUT2D eigenvalue weighted by molar-refractivity contribution is -0.151. The van der Waals surface area contributed by atoms with Crippen LogP contribution in [0.1, 0.15) is 18.4 Å². The van der Waals surface area contributed by atoms with Crippen LogP contribution >= 0.6 is 0 Å². The standard InChI is InChI=1S/C23H25N3O4/c27-21(26-15-12-19(13-16-26)18-7-3-1-4-8-18)17-30-22(28)11-14-24-23(29)25-20-9-5-2-6-10-20/h1-10,12H,11,13-17H2,(H2,24,25,29). The summed E-state index contributed by atoms with van der Waals surface area (Å²) < 4.78 is 5.05. The summed E-state index contributed by atoms with van der Waals surface area (Å²) >= 11 is 0. The second-order valence-electron chi connectivity index (χ2n) is 6.84. The summed E-state index contributed by atoms with van der Waals surface area (Å²) in [6, 6.07) is 18.7. The first-order valence-electron chi connectivity index (χ1n) is 9.89. The summed E-state index contributed by atoms with van der Waals surface area (Å²) in [7, 11) is 0. The van der Waals surface area contributed by atoms with Crippen LogP contribution in [0.4, 0.5) is 10.5 Å². The van der Waals surface area contributed by atoms with Gasteiger partial charge in [-0.05, 0) is 29.7 Å². The lowest BCUT2D eigenvalue weighted by atomic mass is 10.00. The second-order valence-corrected chi connectivity index (χ2v) is 6.84. The zero-order valence-corrected chi connectivity index (χ0v) is 16.7. The van der Waals surface area contributed by atoms with E-state index in [0.29, 0.717) is 18.8 Å². The van der Waals surface area contributed by atoms with E-state index in [0.717, 1.165) is 6.42 Å². The largest absolute Gasteiger partial charge is 0.456 e. The maximum absolute atomic E-state index is 12.3. The molecule has 0 aromatic heterocycles. The van der Waals surface area contributed by atoms with E-state index in [9.17, 15) is 14.4 Å². The van der Waals surface area contributed by atoms with Crippen molar-refractivity contribution in [2.24, 2.45) is 0 Å². The molecule has 0 fully saturated rings. The van der Waals surface area contributed by atoms with E-state index in [1.807, 2.05) is 42.5 Å². The summed E-state index contributed by atoms with van der Waals surface area (Å²) in [5.41, 5.74) is 3.05. The fourth-order valence-electron chi connectivity index (χ4n) is 3.09. The van der Waals surface area contributed by atoms with E-state index < -0.39 is 12.0 Å². The van der Waals surface area contributed by atoms with Gasteiger partial charge in [0.1, 0.15) is 0 Å². The normalized spacial score (nSPS) is 13.2. The number of benzene rings is 2. The average Bonchev–Trinajstić information content (AvgIpc) is 2.79. The Labute approximate surface area is 175 Å². The van der Waals surface area contributed by atoms with E-state index in [1.54, 1.807) is 17.0 Å². The van der Waals surface area contributed by atoms with Crippen molar-refractivity contribution in [1.29, 1.82) is 0 Å². The fraction of sp³-hybridized carbons (Fsp3) is 0.261. The predicted octanol–water partition coefficient (Wildman–Crippen LogP) is 3.06. The molecule has 0 saturated heterocycles. The minimum absolute atomic E-state index is 0.00640. The minimum Gasteiger partial charge on any atom is -0.456 e. The molecule has 156 valence electrons. The molecule has 0 saturated carbocycles. The predicted molar refractivity (Wildman–Crippen MR) is 115 cm³/mol. The molecule has 3 amide bonds. The number of hydrogen-bond acceptors (Lipinski definition) is 4. The fourth-order valence-corrected chi connectivity index (χ4v) is 3.09. The maximum Gasteiger partial charge on any atom is 0.319 e. The van der Waals surface area contributed by atoms with Crippen molar-refractivity contribution >= 4 is 29.2 Å². The number of hydrogen-bond donors (Lipinski definition) is 2. The summed E-state index contributed by atoms with van der Waals surface area (Å²) in [4.78, 5) is 37.5. The van der Waals surface area contributed by atoms with Gasteiger partial charge < -0.3 is 20.3 Å². The molecule has 2 aromatic rings. The number of rotatable bonds is 7. The van der Waals surface area contributed by atoms with E-state index in [2.05, 4.69) is 22.8 Å². The quantitative estimate of drug-likeness (QED) is 0.691. The third-order valence-electron chi connectivity index (χ3n) is 4.71. The summed E-state index contributed by atoms with van der Waals surface area (Å²) in [5, 5.41) is 5.24. The molecule has 7 nitrogen and oxygen atoms in total. The van der Waals surface area contributed by atoms with Gasteiger partial charge in [0.05, 0.1) is 6.42 Å². The van der Waals surface area contributed by atoms with Crippen molar-refractivity contribution in [1.82, 2.24) is 10.2 Å². The highest BCUT2D eigenvalue weighted by molar-refractivity contribution is 5.89. The molecule has 3 rings (SSSR count). The third kappa shape index (κ3) is 6.48. The third-order valence-corrected chi connectivity index (χ3v) is 4.71. The lowest BCUT2D eigenvalue weighted by Crippen LogP contribution is -2.38. The van der Waals surface area contributed by atoms with Crippen LogP contribution in [0.15, 0.2) is 66.7 Å². The highest BCUT2D eigenvalue weighted by Gasteiger charge is 2.19. The van der Waals surface area contributed by atoms with Gasteiger partial charge in [-0.25, -0.2) is 4.79 Å². The molecule has 0 unspecified atom stereocenters. The Kier molecular flexibility index (Phi) is 7.60. The van der Waals surface area contributed by atoms with Crippen molar-refractivity contribution in [3.05, 3.63) is 72.3 Å². The number of anilines is 1. The van der Waals surface area contributed by atoms with Gasteiger partial charge in [-0.3, -0.25) is 9.59 Å². The van der Waals surface area contributed by atoms with E-state index in [-0.39, 0.29) is 25.5 Å². The zero-order chi connectivity index (χ0) is 21.2. The van der Waals surface area contributed by atoms with Crippen molar-refractivity contribution < 1.29 is 19.1 Å². The zero-order valence-electron chi connectivity index (χ0n) is 16.7. The van der Waals surface area contributed by atoms with Gasteiger partial charge in [0.2, 0.25) is 0 Å². The molecule has 1 aliphatic rings. The van der Waals surface area contributed by atoms with Gasteiger partial charge in [0, 0.05) is 25.3 Å². The molecule has 0 atom stereocenters. The van der Waals surface area contributed by atoms with Crippen LogP contribution in [-0.4, -0.2) is 49.0 Å². The van der Waals surface area contributed by atoms with Gasteiger partial charge in [0.25, 0.3) is 5.91 Å². The Morgan fingerprint density at radius 2 is 1.67 bits per heavy atom. The van der Waals surface area contributed by atoms with Crippen molar-refractivity contribution in [2.75, 3.05) is 31.6 Å². The van der Waals surface area contributed by atoms with E-state index >= 15 is 0 Å². The molecule has 30 heavy (non-hydrogen) atoms. The molecule has 1 aliphatic heterocycles. The Bertz CT molecular complexity index is 897. The van der Waals surface area contributed by atoms with Gasteiger partial charge >= 0.3 is 12.0 Å². The molecule has 0 radical (unpaired) electrons. The first-order chi connectivity index (χ1) is 14.6. The van der Waals surface area contributed by atoms with Crippen LogP contribution in [0.3, 0.4) is 0 Å². The molecule has 0 bridgehead atoms. The number of urea groups is 1. The Hall–Kier alpha value is -3.61. The number of nitrogens with zero attached hydrogens (tertiary/aromatic N) is 1. The van der Waals surface area contributed by atoms with Crippen LogP contribution in [-0.2, 0) is 14.3 Å². The molecule has 0 aliphatic carbocycles. The van der Waals surface area contributed by atoms with Crippen LogP contribution < -0.4 is 10.6 Å². The first kappa shape index (κ1) is 21.1. The second kappa shape index (κ2) is 10.8. The van der Waals surface area contributed by atoms with Crippen molar-refractivity contribution in [2.45, 2.75) is 12.8 Å². The number of carbonyl (C=O) groups excluding carboxylic acids is 3. The van der Waals surface area contributed by atoms with Gasteiger partial charge in [-0.15, -0.1) is 0 Å². The van der Waals surface area contributed by atoms with Crippen molar-refractivity contribution in [3.8, 4) is 0 Å².